The molecule has 0 fully saturated rings. The minimum Gasteiger partial charge on any atom is -0.481 e. The minimum atomic E-state index is -0.871. The first-order chi connectivity index (χ1) is 27.3. The Balaban J connectivity index is 1.19. The maximum atomic E-state index is 11.7. The van der Waals surface area contributed by atoms with Crippen LogP contribution in [0.2, 0.25) is 4.34 Å². The fourth-order valence-corrected chi connectivity index (χ4v) is 14.9. The van der Waals surface area contributed by atoms with Gasteiger partial charge in [0.15, 0.2) is 0 Å². The number of carboxylic acids is 4. The van der Waals surface area contributed by atoms with Gasteiger partial charge in [-0.1, -0.05) is 11.6 Å². The summed E-state index contributed by atoms with van der Waals surface area (Å²) >= 11 is 17.6. The van der Waals surface area contributed by atoms with Crippen molar-refractivity contribution in [1.29, 1.82) is 0 Å². The van der Waals surface area contributed by atoms with Crippen LogP contribution in [0.25, 0.3) is 58.5 Å². The third kappa shape index (κ3) is 9.86. The summed E-state index contributed by atoms with van der Waals surface area (Å²) in [5, 5.41) is 37.7. The first kappa shape index (κ1) is 41.2. The van der Waals surface area contributed by atoms with Gasteiger partial charge < -0.3 is 20.4 Å². The summed E-state index contributed by atoms with van der Waals surface area (Å²) in [5.41, 5.74) is 3.84. The van der Waals surface area contributed by atoms with Gasteiger partial charge in [0, 0.05) is 89.1 Å². The molecule has 0 spiro atoms. The lowest BCUT2D eigenvalue weighted by Crippen LogP contribution is -1.97. The Morgan fingerprint density at radius 3 is 1.14 bits per heavy atom. The molecule has 16 heteroatoms. The molecule has 4 N–H and O–H groups in total. The van der Waals surface area contributed by atoms with Gasteiger partial charge in [-0.15, -0.1) is 79.4 Å². The highest BCUT2D eigenvalue weighted by molar-refractivity contribution is 7.31. The van der Waals surface area contributed by atoms with E-state index in [-0.39, 0.29) is 25.7 Å². The van der Waals surface area contributed by atoms with E-state index in [1.165, 1.54) is 11.3 Å². The number of aliphatic carboxylic acids is 4. The highest BCUT2D eigenvalue weighted by atomic mass is 35.5. The Hall–Kier alpha value is -3.93. The van der Waals surface area contributed by atoms with Crippen LogP contribution in [0.1, 0.15) is 52.8 Å². The molecule has 7 aromatic heterocycles. The third-order valence-corrected chi connectivity index (χ3v) is 18.1. The first-order valence-electron chi connectivity index (χ1n) is 17.6. The van der Waals surface area contributed by atoms with Gasteiger partial charge in [-0.2, -0.15) is 0 Å². The van der Waals surface area contributed by atoms with Crippen LogP contribution in [0.5, 0.6) is 0 Å². The smallest absolute Gasteiger partial charge is 0.303 e. The second kappa shape index (κ2) is 17.9. The number of carbonyl (C=O) groups is 4. The number of hydrogen-bond acceptors (Lipinski definition) is 11. The quantitative estimate of drug-likeness (QED) is 0.0665. The van der Waals surface area contributed by atoms with Crippen molar-refractivity contribution in [3.63, 3.8) is 0 Å². The van der Waals surface area contributed by atoms with Gasteiger partial charge in [0.2, 0.25) is 0 Å². The molecule has 0 amide bonds. The van der Waals surface area contributed by atoms with Crippen LogP contribution in [-0.4, -0.2) is 44.3 Å². The van der Waals surface area contributed by atoms with Gasteiger partial charge in [-0.3, -0.25) is 19.2 Å². The molecule has 0 radical (unpaired) electrons. The van der Waals surface area contributed by atoms with E-state index in [9.17, 15) is 39.6 Å². The van der Waals surface area contributed by atoms with Gasteiger partial charge in [-0.05, 0) is 116 Å². The summed E-state index contributed by atoms with van der Waals surface area (Å²) in [7, 11) is 0. The van der Waals surface area contributed by atoms with E-state index in [0.717, 1.165) is 85.7 Å². The Kier molecular flexibility index (Phi) is 13.0. The number of halogens is 1. The lowest BCUT2D eigenvalue weighted by atomic mass is 10.1. The van der Waals surface area contributed by atoms with Crippen molar-refractivity contribution in [2.24, 2.45) is 0 Å². The monoisotopic (exact) mass is 912 g/mol. The summed E-state index contributed by atoms with van der Waals surface area (Å²) in [4.78, 5) is 59.3. The van der Waals surface area contributed by atoms with E-state index in [4.69, 9.17) is 11.6 Å². The first-order valence-corrected chi connectivity index (χ1v) is 23.7. The predicted octanol–water partition coefficient (Wildman–Crippen LogP) is 13.1. The molecule has 0 aliphatic rings. The van der Waals surface area contributed by atoms with Crippen LogP contribution in [0, 0.1) is 6.92 Å². The molecule has 8 nitrogen and oxygen atoms in total. The number of carboxylic acid groups (broad SMARTS) is 4. The average Bonchev–Trinajstić information content (AvgIpc) is 3.99. The third-order valence-electron chi connectivity index (χ3n) is 8.96. The fourth-order valence-electron chi connectivity index (χ4n) is 6.37. The molecule has 7 aromatic rings. The Bertz CT molecular complexity index is 2430. The summed E-state index contributed by atoms with van der Waals surface area (Å²) in [6.07, 6.45) is 1.66. The molecule has 7 rings (SSSR count). The SMILES string of the molecule is Cc1cc(CCC(=O)O)c(-c2ccc(-c3sc(-c4ccc(-c5cc(CCC(=O)O)c(-c6ccc(-c7sc(Cl)cc7CCC(=O)O)s6)s5)s4)cc3CCC(=O)O)s2)s1. The summed E-state index contributed by atoms with van der Waals surface area (Å²) in [6.45, 7) is 2.02. The van der Waals surface area contributed by atoms with E-state index < -0.39 is 23.9 Å². The minimum absolute atomic E-state index is 0.00521. The van der Waals surface area contributed by atoms with Crippen molar-refractivity contribution in [1.82, 2.24) is 0 Å². The predicted molar refractivity (Wildman–Crippen MR) is 238 cm³/mol. The highest BCUT2D eigenvalue weighted by Crippen LogP contribution is 2.50. The molecule has 0 aliphatic carbocycles. The highest BCUT2D eigenvalue weighted by Gasteiger charge is 2.22. The molecule has 57 heavy (non-hydrogen) atoms. The van der Waals surface area contributed by atoms with Crippen molar-refractivity contribution in [2.75, 3.05) is 0 Å². The number of hydrogen-bond donors (Lipinski definition) is 4. The van der Waals surface area contributed by atoms with Gasteiger partial charge in [0.1, 0.15) is 0 Å². The zero-order chi connectivity index (χ0) is 40.4. The molecule has 0 aromatic carbocycles. The van der Waals surface area contributed by atoms with E-state index in [0.29, 0.717) is 30.0 Å². The molecule has 0 atom stereocenters. The fraction of sp³-hybridized carbons (Fsp3) is 0.220. The van der Waals surface area contributed by atoms with E-state index in [1.54, 1.807) is 68.0 Å². The normalized spacial score (nSPS) is 11.4. The molecular formula is C41H33ClO8S7. The largest absolute Gasteiger partial charge is 0.481 e. The van der Waals surface area contributed by atoms with Gasteiger partial charge >= 0.3 is 23.9 Å². The van der Waals surface area contributed by atoms with Gasteiger partial charge in [0.05, 0.1) is 4.34 Å². The van der Waals surface area contributed by atoms with Crippen molar-refractivity contribution in [3.8, 4) is 58.5 Å². The van der Waals surface area contributed by atoms with Crippen LogP contribution in [-0.2, 0) is 44.9 Å². The van der Waals surface area contributed by atoms with Crippen molar-refractivity contribution in [3.05, 3.63) is 92.1 Å². The Morgan fingerprint density at radius 2 is 0.737 bits per heavy atom. The molecule has 0 saturated carbocycles. The van der Waals surface area contributed by atoms with Crippen molar-refractivity contribution >= 4 is 115 Å². The molecule has 0 aliphatic heterocycles. The van der Waals surface area contributed by atoms with E-state index in [2.05, 4.69) is 42.5 Å². The maximum Gasteiger partial charge on any atom is 0.303 e. The molecule has 7 heterocycles. The lowest BCUT2D eigenvalue weighted by Gasteiger charge is -2.01. The standard InChI is InChI=1S/C41H33ClO8S7/c1-20-16-21(2-12-34(43)44)38(51-20)27-8-9-28(53-27)39-22(3-13-35(45)46)17-31(55-39)25-6-7-26(52-25)32-18-23(4-14-36(47)48)40(56-32)29-10-11-30(54-29)41-24(5-15-37(49)50)19-33(42)57-41/h6-11,16-19H,2-5,12-15H2,1H3,(H,43,44)(H,45,46)(H,47,48)(H,49,50). The zero-order valence-corrected chi connectivity index (χ0v) is 36.6. The van der Waals surface area contributed by atoms with Crippen molar-refractivity contribution in [2.45, 2.75) is 58.3 Å². The van der Waals surface area contributed by atoms with Gasteiger partial charge in [-0.25, -0.2) is 0 Å². The molecule has 294 valence electrons. The van der Waals surface area contributed by atoms with Crippen LogP contribution < -0.4 is 0 Å². The molecular weight excluding hydrogens is 880 g/mol. The second-order valence-electron chi connectivity index (χ2n) is 13.1. The lowest BCUT2D eigenvalue weighted by molar-refractivity contribution is -0.138. The van der Waals surface area contributed by atoms with Gasteiger partial charge in [0.25, 0.3) is 0 Å². The Morgan fingerprint density at radius 1 is 0.421 bits per heavy atom. The summed E-state index contributed by atoms with van der Waals surface area (Å²) in [6, 6.07) is 20.4. The molecule has 0 unspecified atom stereocenters. The Labute approximate surface area is 360 Å². The molecule has 0 saturated heterocycles. The van der Waals surface area contributed by atoms with Crippen LogP contribution in [0.15, 0.2) is 60.7 Å². The average molecular weight is 914 g/mol. The topological polar surface area (TPSA) is 149 Å². The molecule has 0 bridgehead atoms. The van der Waals surface area contributed by atoms with Crippen LogP contribution >= 0.6 is 91.0 Å². The second-order valence-corrected chi connectivity index (χ2v) is 21.4. The summed E-state index contributed by atoms with van der Waals surface area (Å²) in [5.74, 6) is -3.43. The number of aryl methyl sites for hydroxylation is 5. The maximum absolute atomic E-state index is 11.7. The van der Waals surface area contributed by atoms with Crippen LogP contribution in [0.4, 0.5) is 0 Å². The van der Waals surface area contributed by atoms with E-state index in [1.807, 2.05) is 25.1 Å². The van der Waals surface area contributed by atoms with Crippen LogP contribution in [0.3, 0.4) is 0 Å². The number of thiophene rings is 7. The number of rotatable bonds is 18. The van der Waals surface area contributed by atoms with E-state index >= 15 is 0 Å². The summed E-state index contributed by atoms with van der Waals surface area (Å²) < 4.78 is 0.596. The zero-order valence-electron chi connectivity index (χ0n) is 30.1. The van der Waals surface area contributed by atoms with Crippen molar-refractivity contribution < 1.29 is 39.6 Å².